The highest BCUT2D eigenvalue weighted by Crippen LogP contribution is 2.40. The van der Waals surface area contributed by atoms with E-state index in [0.717, 1.165) is 22.4 Å². The number of nitrogens with zero attached hydrogens (tertiary/aromatic N) is 1. The molecule has 1 heterocycles. The van der Waals surface area contributed by atoms with Crippen molar-refractivity contribution in [3.8, 4) is 5.75 Å². The second-order valence-corrected chi connectivity index (χ2v) is 9.34. The molecule has 0 bridgehead atoms. The number of carbonyl (C=O) groups excluding carboxylic acids is 2. The van der Waals surface area contributed by atoms with E-state index in [-0.39, 0.29) is 29.2 Å². The molecule has 2 aromatic carbocycles. The van der Waals surface area contributed by atoms with E-state index < -0.39 is 17.7 Å². The zero-order valence-corrected chi connectivity index (χ0v) is 19.1. The molecule has 1 unspecified atom stereocenters. The summed E-state index contributed by atoms with van der Waals surface area (Å²) in [6.45, 7) is 10.2. The van der Waals surface area contributed by atoms with Crippen LogP contribution < -0.4 is 4.74 Å². The van der Waals surface area contributed by atoms with Gasteiger partial charge in [-0.25, -0.2) is 0 Å². The third kappa shape index (κ3) is 4.50. The van der Waals surface area contributed by atoms with Gasteiger partial charge in [0.2, 0.25) is 0 Å². The fraction of sp³-hybridized carbons (Fsp3) is 0.385. The molecule has 2 aromatic rings. The zero-order valence-electron chi connectivity index (χ0n) is 19.1. The number of aliphatic hydroxyl groups is 1. The van der Waals surface area contributed by atoms with E-state index in [2.05, 4.69) is 20.8 Å². The Hall–Kier alpha value is -3.08. The molecule has 5 nitrogen and oxygen atoms in total. The fourth-order valence-corrected chi connectivity index (χ4v) is 3.82. The standard InChI is InChI=1S/C26H31NO4/c1-16(2)23(28)21-22(18-9-11-19(12-10-18)26(3,4)5)27(25(30)24(21)29)15-17-7-13-20(31-6)14-8-17/h7-14,16,22,29H,15H2,1-6H3. The van der Waals surface area contributed by atoms with Crippen molar-refractivity contribution in [1.29, 1.82) is 0 Å². The lowest BCUT2D eigenvalue weighted by Gasteiger charge is -2.28. The molecule has 1 amide bonds. The van der Waals surface area contributed by atoms with Crippen molar-refractivity contribution in [1.82, 2.24) is 4.90 Å². The summed E-state index contributed by atoms with van der Waals surface area (Å²) in [7, 11) is 1.60. The number of amides is 1. The van der Waals surface area contributed by atoms with E-state index in [1.54, 1.807) is 25.9 Å². The lowest BCUT2D eigenvalue weighted by Crippen LogP contribution is -2.31. The lowest BCUT2D eigenvalue weighted by atomic mass is 9.85. The third-order valence-electron chi connectivity index (χ3n) is 5.70. The topological polar surface area (TPSA) is 66.8 Å². The van der Waals surface area contributed by atoms with Gasteiger partial charge in [0.05, 0.1) is 18.7 Å². The normalized spacial score (nSPS) is 16.9. The molecule has 0 spiro atoms. The molecule has 1 atom stereocenters. The first kappa shape index (κ1) is 22.6. The Morgan fingerprint density at radius 1 is 1.06 bits per heavy atom. The second kappa shape index (κ2) is 8.58. The highest BCUT2D eigenvalue weighted by atomic mass is 16.5. The largest absolute Gasteiger partial charge is 0.503 e. The number of carbonyl (C=O) groups is 2. The Morgan fingerprint density at radius 2 is 1.65 bits per heavy atom. The number of ether oxygens (including phenoxy) is 1. The summed E-state index contributed by atoms with van der Waals surface area (Å²) < 4.78 is 5.21. The average Bonchev–Trinajstić information content (AvgIpc) is 2.98. The van der Waals surface area contributed by atoms with Gasteiger partial charge in [0.1, 0.15) is 5.75 Å². The first-order valence-corrected chi connectivity index (χ1v) is 10.6. The van der Waals surface area contributed by atoms with Gasteiger partial charge in [-0.05, 0) is 34.2 Å². The predicted octanol–water partition coefficient (Wildman–Crippen LogP) is 5.11. The maximum Gasteiger partial charge on any atom is 0.290 e. The molecule has 31 heavy (non-hydrogen) atoms. The lowest BCUT2D eigenvalue weighted by molar-refractivity contribution is -0.130. The van der Waals surface area contributed by atoms with E-state index in [4.69, 9.17) is 4.74 Å². The maximum absolute atomic E-state index is 13.0. The van der Waals surface area contributed by atoms with Gasteiger partial charge in [-0.2, -0.15) is 0 Å². The summed E-state index contributed by atoms with van der Waals surface area (Å²) in [6, 6.07) is 14.7. The van der Waals surface area contributed by atoms with E-state index in [1.165, 1.54) is 0 Å². The summed E-state index contributed by atoms with van der Waals surface area (Å²) in [5.74, 6) is -0.792. The van der Waals surface area contributed by atoms with Gasteiger partial charge in [0.25, 0.3) is 5.91 Å². The second-order valence-electron chi connectivity index (χ2n) is 9.34. The zero-order chi connectivity index (χ0) is 22.9. The van der Waals surface area contributed by atoms with Crippen LogP contribution in [0.1, 0.15) is 57.4 Å². The van der Waals surface area contributed by atoms with Crippen molar-refractivity contribution in [2.75, 3.05) is 7.11 Å². The highest BCUT2D eigenvalue weighted by Gasteiger charge is 2.43. The molecule has 3 rings (SSSR count). The van der Waals surface area contributed by atoms with Gasteiger partial charge in [-0.15, -0.1) is 0 Å². The highest BCUT2D eigenvalue weighted by molar-refractivity contribution is 6.09. The maximum atomic E-state index is 13.0. The van der Waals surface area contributed by atoms with Gasteiger partial charge >= 0.3 is 0 Å². The molecule has 0 radical (unpaired) electrons. The molecular weight excluding hydrogens is 390 g/mol. The van der Waals surface area contributed by atoms with Crippen LogP contribution in [-0.4, -0.2) is 28.8 Å². The van der Waals surface area contributed by atoms with Crippen LogP contribution in [0.5, 0.6) is 5.75 Å². The van der Waals surface area contributed by atoms with Crippen LogP contribution in [0.25, 0.3) is 0 Å². The minimum Gasteiger partial charge on any atom is -0.503 e. The fourth-order valence-electron chi connectivity index (χ4n) is 3.82. The molecule has 5 heteroatoms. The molecule has 0 aromatic heterocycles. The van der Waals surface area contributed by atoms with Crippen molar-refractivity contribution in [3.63, 3.8) is 0 Å². The number of rotatable bonds is 6. The smallest absolute Gasteiger partial charge is 0.290 e. The number of benzene rings is 2. The van der Waals surface area contributed by atoms with E-state index in [1.807, 2.05) is 48.5 Å². The Kier molecular flexibility index (Phi) is 6.25. The number of hydrogen-bond donors (Lipinski definition) is 1. The van der Waals surface area contributed by atoms with Gasteiger partial charge in [-0.1, -0.05) is 71.0 Å². The van der Waals surface area contributed by atoms with Crippen molar-refractivity contribution in [2.45, 2.75) is 52.6 Å². The summed E-state index contributed by atoms with van der Waals surface area (Å²) in [5, 5.41) is 10.7. The number of Topliss-reactive ketones (excluding diaryl/α,β-unsaturated/α-hetero) is 1. The van der Waals surface area contributed by atoms with Crippen molar-refractivity contribution >= 4 is 11.7 Å². The number of ketones is 1. The van der Waals surface area contributed by atoms with Crippen LogP contribution in [0.4, 0.5) is 0 Å². The minimum atomic E-state index is -0.626. The molecule has 1 N–H and O–H groups in total. The molecule has 1 aliphatic rings. The molecule has 0 fully saturated rings. The van der Waals surface area contributed by atoms with Gasteiger partial charge < -0.3 is 14.7 Å². The van der Waals surface area contributed by atoms with Crippen molar-refractivity contribution in [2.24, 2.45) is 5.92 Å². The van der Waals surface area contributed by atoms with Crippen molar-refractivity contribution < 1.29 is 19.4 Å². The summed E-state index contributed by atoms with van der Waals surface area (Å²) in [5.41, 5.74) is 3.02. The summed E-state index contributed by atoms with van der Waals surface area (Å²) in [6.07, 6.45) is 0. The summed E-state index contributed by atoms with van der Waals surface area (Å²) in [4.78, 5) is 27.6. The van der Waals surface area contributed by atoms with E-state index in [0.29, 0.717) is 0 Å². The van der Waals surface area contributed by atoms with Gasteiger partial charge in [0, 0.05) is 12.5 Å². The monoisotopic (exact) mass is 421 g/mol. The molecule has 0 saturated heterocycles. The molecule has 0 aliphatic carbocycles. The van der Waals surface area contributed by atoms with Gasteiger partial charge in [0.15, 0.2) is 11.5 Å². The first-order chi connectivity index (χ1) is 14.5. The number of methoxy groups -OCH3 is 1. The first-order valence-electron chi connectivity index (χ1n) is 10.6. The van der Waals surface area contributed by atoms with Crippen LogP contribution in [0.15, 0.2) is 59.9 Å². The van der Waals surface area contributed by atoms with Crippen LogP contribution in [0, 0.1) is 5.92 Å². The Morgan fingerprint density at radius 3 is 2.13 bits per heavy atom. The number of hydrogen-bond acceptors (Lipinski definition) is 4. The molecule has 1 aliphatic heterocycles. The van der Waals surface area contributed by atoms with Crippen molar-refractivity contribution in [3.05, 3.63) is 76.6 Å². The molecule has 164 valence electrons. The predicted molar refractivity (Wildman–Crippen MR) is 121 cm³/mol. The van der Waals surface area contributed by atoms with E-state index in [9.17, 15) is 14.7 Å². The minimum absolute atomic E-state index is 0.0125. The third-order valence-corrected chi connectivity index (χ3v) is 5.70. The van der Waals surface area contributed by atoms with Crippen LogP contribution in [-0.2, 0) is 21.5 Å². The number of aliphatic hydroxyl groups excluding tert-OH is 1. The van der Waals surface area contributed by atoms with E-state index >= 15 is 0 Å². The van der Waals surface area contributed by atoms with Crippen LogP contribution >= 0.6 is 0 Å². The summed E-state index contributed by atoms with van der Waals surface area (Å²) >= 11 is 0. The SMILES string of the molecule is COc1ccc(CN2C(=O)C(O)=C(C(=O)C(C)C)C2c2ccc(C(C)(C)C)cc2)cc1. The quantitative estimate of drug-likeness (QED) is 0.704. The van der Waals surface area contributed by atoms with Crippen LogP contribution in [0.3, 0.4) is 0 Å². The van der Waals surface area contributed by atoms with Gasteiger partial charge in [-0.3, -0.25) is 9.59 Å². The average molecular weight is 422 g/mol. The Bertz CT molecular complexity index is 995. The Labute approximate surface area is 184 Å². The molecular formula is C26H31NO4. The van der Waals surface area contributed by atoms with Crippen LogP contribution in [0.2, 0.25) is 0 Å². The Balaban J connectivity index is 2.04. The molecule has 0 saturated carbocycles.